The Hall–Kier alpha value is -0.660. The predicted molar refractivity (Wildman–Crippen MR) is 69.4 cm³/mol. The van der Waals surface area contributed by atoms with Gasteiger partial charge >= 0.3 is 5.97 Å². The Morgan fingerprint density at radius 3 is 2.74 bits per heavy atom. The van der Waals surface area contributed by atoms with Crippen molar-refractivity contribution in [3.63, 3.8) is 0 Å². The largest absolute Gasteiger partial charge is 0.466 e. The van der Waals surface area contributed by atoms with E-state index in [4.69, 9.17) is 4.74 Å². The van der Waals surface area contributed by atoms with Gasteiger partial charge in [-0.1, -0.05) is 0 Å². The fourth-order valence-corrected chi connectivity index (χ4v) is 4.75. The van der Waals surface area contributed by atoms with E-state index in [1.807, 2.05) is 4.90 Å². The maximum Gasteiger partial charge on any atom is 0.310 e. The summed E-state index contributed by atoms with van der Waals surface area (Å²) in [5.41, 5.74) is 0. The van der Waals surface area contributed by atoms with Crippen molar-refractivity contribution in [2.75, 3.05) is 31.2 Å². The van der Waals surface area contributed by atoms with Crippen LogP contribution in [0.3, 0.4) is 0 Å². The van der Waals surface area contributed by atoms with Gasteiger partial charge in [0.2, 0.25) is 0 Å². The van der Waals surface area contributed by atoms with Gasteiger partial charge in [0.05, 0.1) is 36.2 Å². The molecule has 3 atom stereocenters. The summed E-state index contributed by atoms with van der Waals surface area (Å²) in [6, 6.07) is -0.373. The lowest BCUT2D eigenvalue weighted by Gasteiger charge is -2.36. The van der Waals surface area contributed by atoms with Crippen molar-refractivity contribution >= 4 is 15.8 Å². The third-order valence-corrected chi connectivity index (χ3v) is 5.53. The fraction of sp³-hybridized carbons (Fsp3) is 0.917. The number of hydrogen-bond acceptors (Lipinski definition) is 6. The van der Waals surface area contributed by atoms with E-state index in [1.54, 1.807) is 6.92 Å². The van der Waals surface area contributed by atoms with Gasteiger partial charge in [-0.2, -0.15) is 0 Å². The minimum Gasteiger partial charge on any atom is -0.466 e. The van der Waals surface area contributed by atoms with Gasteiger partial charge in [-0.05, 0) is 26.3 Å². The van der Waals surface area contributed by atoms with Crippen LogP contribution in [0.1, 0.15) is 19.8 Å². The van der Waals surface area contributed by atoms with Crippen LogP contribution in [0, 0.1) is 5.92 Å². The van der Waals surface area contributed by atoms with Crippen molar-refractivity contribution in [3.8, 4) is 0 Å². The molecule has 2 saturated heterocycles. The van der Waals surface area contributed by atoms with Crippen LogP contribution in [0.2, 0.25) is 0 Å². The van der Waals surface area contributed by atoms with Crippen LogP contribution in [0.25, 0.3) is 0 Å². The Balaban J connectivity index is 2.00. The number of hydrogen-bond donors (Lipinski definition) is 1. The van der Waals surface area contributed by atoms with Crippen molar-refractivity contribution in [3.05, 3.63) is 0 Å². The smallest absolute Gasteiger partial charge is 0.310 e. The van der Waals surface area contributed by atoms with E-state index in [2.05, 4.69) is 0 Å². The Morgan fingerprint density at radius 2 is 2.16 bits per heavy atom. The average molecular weight is 291 g/mol. The standard InChI is InChI=1S/C12H21NO5S/c1-2-18-12(15)9-4-3-5-13(6-9)10-7-19(16,17)8-11(10)14/h9-11,14H,2-8H2,1H3. The molecule has 0 radical (unpaired) electrons. The number of carbonyl (C=O) groups excluding carboxylic acids is 1. The normalized spacial score (nSPS) is 35.2. The van der Waals surface area contributed by atoms with Crippen LogP contribution in [0.15, 0.2) is 0 Å². The second-order valence-electron chi connectivity index (χ2n) is 5.30. The number of sulfone groups is 1. The molecule has 0 aliphatic carbocycles. The van der Waals surface area contributed by atoms with Crippen molar-refractivity contribution in [2.24, 2.45) is 5.92 Å². The molecule has 0 aromatic carbocycles. The van der Waals surface area contributed by atoms with Gasteiger partial charge in [-0.25, -0.2) is 8.42 Å². The molecule has 0 saturated carbocycles. The van der Waals surface area contributed by atoms with Gasteiger partial charge in [0.1, 0.15) is 0 Å². The number of ether oxygens (including phenoxy) is 1. The van der Waals surface area contributed by atoms with E-state index < -0.39 is 15.9 Å². The number of nitrogens with zero attached hydrogens (tertiary/aromatic N) is 1. The second kappa shape index (κ2) is 5.76. The molecule has 19 heavy (non-hydrogen) atoms. The highest BCUT2D eigenvalue weighted by Crippen LogP contribution is 2.25. The summed E-state index contributed by atoms with van der Waals surface area (Å²) >= 11 is 0. The molecule has 2 aliphatic rings. The first-order chi connectivity index (χ1) is 8.93. The maximum atomic E-state index is 11.7. The molecule has 0 amide bonds. The first-order valence-electron chi connectivity index (χ1n) is 6.72. The van der Waals surface area contributed by atoms with Gasteiger partial charge in [-0.15, -0.1) is 0 Å². The summed E-state index contributed by atoms with van der Waals surface area (Å²) in [5.74, 6) is -0.603. The number of likely N-dealkylation sites (tertiary alicyclic amines) is 1. The van der Waals surface area contributed by atoms with Crippen molar-refractivity contribution in [1.29, 1.82) is 0 Å². The zero-order valence-electron chi connectivity index (χ0n) is 11.1. The molecule has 7 heteroatoms. The number of carbonyl (C=O) groups is 1. The fourth-order valence-electron chi connectivity index (χ4n) is 2.92. The molecule has 6 nitrogen and oxygen atoms in total. The van der Waals surface area contributed by atoms with E-state index in [9.17, 15) is 18.3 Å². The highest BCUT2D eigenvalue weighted by molar-refractivity contribution is 7.91. The topological polar surface area (TPSA) is 83.9 Å². The molecular weight excluding hydrogens is 270 g/mol. The van der Waals surface area contributed by atoms with Crippen LogP contribution in [-0.4, -0.2) is 67.7 Å². The molecule has 1 N–H and O–H groups in total. The summed E-state index contributed by atoms with van der Waals surface area (Å²) in [7, 11) is -3.15. The SMILES string of the molecule is CCOC(=O)C1CCCN(C2CS(=O)(=O)CC2O)C1. The van der Waals surface area contributed by atoms with Crippen LogP contribution >= 0.6 is 0 Å². The van der Waals surface area contributed by atoms with E-state index in [-0.39, 0.29) is 29.4 Å². The van der Waals surface area contributed by atoms with Crippen LogP contribution in [-0.2, 0) is 19.4 Å². The van der Waals surface area contributed by atoms with Crippen LogP contribution < -0.4 is 0 Å². The van der Waals surface area contributed by atoms with Gasteiger partial charge in [0, 0.05) is 6.54 Å². The maximum absolute atomic E-state index is 11.7. The minimum atomic E-state index is -3.15. The molecule has 2 rings (SSSR count). The van der Waals surface area contributed by atoms with Crippen molar-refractivity contribution < 1.29 is 23.1 Å². The summed E-state index contributed by atoms with van der Waals surface area (Å²) in [5, 5.41) is 9.87. The lowest BCUT2D eigenvalue weighted by Crippen LogP contribution is -2.49. The predicted octanol–water partition coefficient (Wildman–Crippen LogP) is -0.581. The Morgan fingerprint density at radius 1 is 1.42 bits per heavy atom. The highest BCUT2D eigenvalue weighted by Gasteiger charge is 2.42. The Kier molecular flexibility index (Phi) is 4.47. The first-order valence-corrected chi connectivity index (χ1v) is 8.54. The molecular formula is C12H21NO5S. The first kappa shape index (κ1) is 14.7. The molecule has 0 aromatic rings. The molecule has 0 spiro atoms. The number of piperidine rings is 1. The minimum absolute atomic E-state index is 0.0102. The molecule has 2 aliphatic heterocycles. The average Bonchev–Trinajstić information content (AvgIpc) is 2.63. The summed E-state index contributed by atoms with van der Waals surface area (Å²) in [6.07, 6.45) is 0.753. The van der Waals surface area contributed by atoms with E-state index in [1.165, 1.54) is 0 Å². The number of rotatable bonds is 3. The van der Waals surface area contributed by atoms with E-state index in [0.717, 1.165) is 19.4 Å². The Bertz CT molecular complexity index is 435. The zero-order valence-corrected chi connectivity index (χ0v) is 11.9. The third-order valence-electron chi connectivity index (χ3n) is 3.84. The summed E-state index contributed by atoms with van der Waals surface area (Å²) in [6.45, 7) is 3.34. The summed E-state index contributed by atoms with van der Waals surface area (Å²) in [4.78, 5) is 13.7. The Labute approximate surface area is 113 Å². The summed E-state index contributed by atoms with van der Waals surface area (Å²) < 4.78 is 28.1. The third kappa shape index (κ3) is 3.46. The second-order valence-corrected chi connectivity index (χ2v) is 7.45. The van der Waals surface area contributed by atoms with Crippen molar-refractivity contribution in [1.82, 2.24) is 4.90 Å². The van der Waals surface area contributed by atoms with Gasteiger partial charge < -0.3 is 9.84 Å². The lowest BCUT2D eigenvalue weighted by atomic mass is 9.96. The lowest BCUT2D eigenvalue weighted by molar-refractivity contribution is -0.150. The monoisotopic (exact) mass is 291 g/mol. The number of aliphatic hydroxyl groups excluding tert-OH is 1. The molecule has 110 valence electrons. The van der Waals surface area contributed by atoms with Gasteiger partial charge in [0.25, 0.3) is 0 Å². The van der Waals surface area contributed by atoms with Crippen LogP contribution in [0.5, 0.6) is 0 Å². The molecule has 2 heterocycles. The van der Waals surface area contributed by atoms with Gasteiger partial charge in [-0.3, -0.25) is 9.69 Å². The molecule has 2 fully saturated rings. The highest BCUT2D eigenvalue weighted by atomic mass is 32.2. The number of esters is 1. The molecule has 3 unspecified atom stereocenters. The molecule has 0 bridgehead atoms. The van der Waals surface area contributed by atoms with E-state index in [0.29, 0.717) is 13.2 Å². The van der Waals surface area contributed by atoms with Crippen LogP contribution in [0.4, 0.5) is 0 Å². The quantitative estimate of drug-likeness (QED) is 0.700. The van der Waals surface area contributed by atoms with Crippen molar-refractivity contribution in [2.45, 2.75) is 31.9 Å². The van der Waals surface area contributed by atoms with E-state index >= 15 is 0 Å². The molecule has 0 aromatic heterocycles. The zero-order chi connectivity index (χ0) is 14.0. The number of aliphatic hydroxyl groups is 1. The van der Waals surface area contributed by atoms with Gasteiger partial charge in [0.15, 0.2) is 9.84 Å².